The van der Waals surface area contributed by atoms with Crippen LogP contribution in [0.5, 0.6) is 5.75 Å². The topological polar surface area (TPSA) is 91.5 Å². The lowest BCUT2D eigenvalue weighted by atomic mass is 10.1. The van der Waals surface area contributed by atoms with E-state index in [0.29, 0.717) is 5.75 Å². The highest BCUT2D eigenvalue weighted by molar-refractivity contribution is 7.80. The summed E-state index contributed by atoms with van der Waals surface area (Å²) in [5, 5.41) is 5.63. The Morgan fingerprint density at radius 2 is 1.59 bits per heavy atom. The zero-order valence-electron chi connectivity index (χ0n) is 15.2. The fourth-order valence-corrected chi connectivity index (χ4v) is 2.42. The van der Waals surface area contributed by atoms with E-state index < -0.39 is 11.8 Å². The number of ether oxygens (including phenoxy) is 1. The number of nitrogens with one attached hydrogen (secondary N) is 4. The van der Waals surface area contributed by atoms with Crippen LogP contribution < -0.4 is 26.2 Å². The SMILES string of the molecule is Cc1cccc(C)c1OCC(=O)NCC(=O)NNC(=S)Nc1ccccc1. The molecule has 0 spiro atoms. The Kier molecular flexibility index (Phi) is 7.57. The average Bonchev–Trinajstić information content (AvgIpc) is 2.65. The minimum Gasteiger partial charge on any atom is -0.483 e. The van der Waals surface area contributed by atoms with Gasteiger partial charge in [-0.1, -0.05) is 36.4 Å². The number of hydrazine groups is 1. The number of hydrogen-bond donors (Lipinski definition) is 4. The quantitative estimate of drug-likeness (QED) is 0.447. The van der Waals surface area contributed by atoms with Gasteiger partial charge in [0.25, 0.3) is 11.8 Å². The van der Waals surface area contributed by atoms with Gasteiger partial charge >= 0.3 is 0 Å². The molecule has 2 aromatic carbocycles. The Balaban J connectivity index is 1.66. The molecule has 0 atom stereocenters. The molecule has 0 aliphatic carbocycles. The summed E-state index contributed by atoms with van der Waals surface area (Å²) in [6.07, 6.45) is 0. The number of carbonyl (C=O) groups excluding carboxylic acids is 2. The molecule has 0 fully saturated rings. The predicted octanol–water partition coefficient (Wildman–Crippen LogP) is 1.82. The number of amides is 2. The largest absolute Gasteiger partial charge is 0.483 e. The highest BCUT2D eigenvalue weighted by Crippen LogP contribution is 2.21. The molecule has 0 aromatic heterocycles. The van der Waals surface area contributed by atoms with Crippen molar-refractivity contribution in [2.24, 2.45) is 0 Å². The first-order valence-electron chi connectivity index (χ1n) is 8.32. The molecule has 142 valence electrons. The monoisotopic (exact) mass is 386 g/mol. The normalized spacial score (nSPS) is 9.85. The van der Waals surface area contributed by atoms with Crippen molar-refractivity contribution in [3.8, 4) is 5.75 Å². The summed E-state index contributed by atoms with van der Waals surface area (Å²) >= 11 is 5.07. The molecule has 0 aliphatic heterocycles. The second-order valence-electron chi connectivity index (χ2n) is 5.78. The van der Waals surface area contributed by atoms with Crippen LogP contribution in [0.4, 0.5) is 5.69 Å². The molecule has 8 heteroatoms. The Bertz CT molecular complexity index is 792. The van der Waals surface area contributed by atoms with Crippen LogP contribution in [-0.2, 0) is 9.59 Å². The van der Waals surface area contributed by atoms with Crippen LogP contribution in [0, 0.1) is 13.8 Å². The van der Waals surface area contributed by atoms with Gasteiger partial charge in [0.05, 0.1) is 6.54 Å². The summed E-state index contributed by atoms with van der Waals surface area (Å²) in [5.41, 5.74) is 7.66. The van der Waals surface area contributed by atoms with Crippen LogP contribution in [0.25, 0.3) is 0 Å². The van der Waals surface area contributed by atoms with Gasteiger partial charge in [-0.25, -0.2) is 0 Å². The van der Waals surface area contributed by atoms with Crippen molar-refractivity contribution in [2.75, 3.05) is 18.5 Å². The molecular weight excluding hydrogens is 364 g/mol. The van der Waals surface area contributed by atoms with E-state index >= 15 is 0 Å². The van der Waals surface area contributed by atoms with Crippen LogP contribution in [0.2, 0.25) is 0 Å². The van der Waals surface area contributed by atoms with Crippen LogP contribution >= 0.6 is 12.2 Å². The number of anilines is 1. The summed E-state index contributed by atoms with van der Waals surface area (Å²) in [4.78, 5) is 23.6. The molecule has 0 bridgehead atoms. The molecule has 2 amide bonds. The second-order valence-corrected chi connectivity index (χ2v) is 6.19. The number of carbonyl (C=O) groups is 2. The molecule has 0 heterocycles. The van der Waals surface area contributed by atoms with E-state index in [1.54, 1.807) is 0 Å². The fourth-order valence-electron chi connectivity index (χ4n) is 2.25. The van der Waals surface area contributed by atoms with Gasteiger partial charge in [0.15, 0.2) is 11.7 Å². The molecule has 0 radical (unpaired) electrons. The van der Waals surface area contributed by atoms with E-state index in [-0.39, 0.29) is 18.3 Å². The van der Waals surface area contributed by atoms with E-state index in [4.69, 9.17) is 17.0 Å². The number of aryl methyl sites for hydroxylation is 2. The Morgan fingerprint density at radius 1 is 0.926 bits per heavy atom. The van der Waals surface area contributed by atoms with Gasteiger partial charge in [0.1, 0.15) is 5.75 Å². The van der Waals surface area contributed by atoms with E-state index in [1.165, 1.54) is 0 Å². The molecule has 27 heavy (non-hydrogen) atoms. The molecule has 0 aliphatic rings. The van der Waals surface area contributed by atoms with Crippen LogP contribution in [-0.4, -0.2) is 30.1 Å². The second kappa shape index (κ2) is 10.1. The molecular formula is C19H22N4O3S. The molecule has 0 saturated heterocycles. The number of hydrogen-bond acceptors (Lipinski definition) is 4. The van der Waals surface area contributed by atoms with Gasteiger partial charge in [0.2, 0.25) is 0 Å². The number of rotatable bonds is 6. The van der Waals surface area contributed by atoms with Gasteiger partial charge in [-0.2, -0.15) is 0 Å². The summed E-state index contributed by atoms with van der Waals surface area (Å²) in [7, 11) is 0. The van der Waals surface area contributed by atoms with Crippen molar-refractivity contribution in [3.63, 3.8) is 0 Å². The van der Waals surface area contributed by atoms with E-state index in [0.717, 1.165) is 16.8 Å². The fraction of sp³-hybridized carbons (Fsp3) is 0.211. The van der Waals surface area contributed by atoms with Crippen molar-refractivity contribution >= 4 is 34.8 Å². The Morgan fingerprint density at radius 3 is 2.26 bits per heavy atom. The molecule has 2 rings (SSSR count). The average molecular weight is 386 g/mol. The minimum absolute atomic E-state index is 0.166. The molecule has 4 N–H and O–H groups in total. The number of benzene rings is 2. The minimum atomic E-state index is -0.437. The Hall–Kier alpha value is -3.13. The van der Waals surface area contributed by atoms with E-state index in [9.17, 15) is 9.59 Å². The highest BCUT2D eigenvalue weighted by Gasteiger charge is 2.09. The van der Waals surface area contributed by atoms with Crippen LogP contribution in [0.1, 0.15) is 11.1 Å². The maximum absolute atomic E-state index is 11.8. The van der Waals surface area contributed by atoms with E-state index in [2.05, 4.69) is 21.5 Å². The first kappa shape index (κ1) is 20.2. The maximum Gasteiger partial charge on any atom is 0.258 e. The zero-order valence-corrected chi connectivity index (χ0v) is 16.0. The van der Waals surface area contributed by atoms with Gasteiger partial charge in [-0.05, 0) is 49.3 Å². The summed E-state index contributed by atoms with van der Waals surface area (Å²) in [5.74, 6) is -0.151. The van der Waals surface area contributed by atoms with Crippen molar-refractivity contribution < 1.29 is 14.3 Å². The van der Waals surface area contributed by atoms with Gasteiger partial charge < -0.3 is 15.4 Å². The van der Waals surface area contributed by atoms with Gasteiger partial charge in [0, 0.05) is 5.69 Å². The first-order valence-corrected chi connectivity index (χ1v) is 8.73. The van der Waals surface area contributed by atoms with Crippen molar-refractivity contribution in [2.45, 2.75) is 13.8 Å². The van der Waals surface area contributed by atoms with Crippen molar-refractivity contribution in [1.29, 1.82) is 0 Å². The summed E-state index contributed by atoms with van der Waals surface area (Å²) in [6, 6.07) is 15.0. The van der Waals surface area contributed by atoms with Crippen LogP contribution in [0.15, 0.2) is 48.5 Å². The van der Waals surface area contributed by atoms with E-state index in [1.807, 2.05) is 62.4 Å². The lowest BCUT2D eigenvalue weighted by Gasteiger charge is -2.13. The van der Waals surface area contributed by atoms with Gasteiger partial charge in [-0.3, -0.25) is 20.4 Å². The standard InChI is InChI=1S/C19H22N4O3S/c1-13-7-6-8-14(2)18(13)26-12-17(25)20-11-16(24)22-23-19(27)21-15-9-4-3-5-10-15/h3-10H,11-12H2,1-2H3,(H,20,25)(H,22,24)(H2,21,23,27). The molecule has 0 saturated carbocycles. The lowest BCUT2D eigenvalue weighted by Crippen LogP contribution is -2.48. The third-order valence-corrected chi connectivity index (χ3v) is 3.75. The van der Waals surface area contributed by atoms with Crippen molar-refractivity contribution in [1.82, 2.24) is 16.2 Å². The Labute approximate surface area is 163 Å². The third kappa shape index (κ3) is 6.95. The maximum atomic E-state index is 11.8. The first-order chi connectivity index (χ1) is 13.0. The predicted molar refractivity (Wildman–Crippen MR) is 108 cm³/mol. The van der Waals surface area contributed by atoms with Crippen molar-refractivity contribution in [3.05, 3.63) is 59.7 Å². The third-order valence-electron chi connectivity index (χ3n) is 3.55. The van der Waals surface area contributed by atoms with Gasteiger partial charge in [-0.15, -0.1) is 0 Å². The molecule has 0 unspecified atom stereocenters. The number of para-hydroxylation sites is 2. The summed E-state index contributed by atoms with van der Waals surface area (Å²) in [6.45, 7) is 3.45. The van der Waals surface area contributed by atoms with Crippen LogP contribution in [0.3, 0.4) is 0 Å². The lowest BCUT2D eigenvalue weighted by molar-refractivity contribution is -0.127. The smallest absolute Gasteiger partial charge is 0.258 e. The molecule has 2 aromatic rings. The zero-order chi connectivity index (χ0) is 19.6. The number of thiocarbonyl (C=S) groups is 1. The molecule has 7 nitrogen and oxygen atoms in total. The highest BCUT2D eigenvalue weighted by atomic mass is 32.1. The summed E-state index contributed by atoms with van der Waals surface area (Å²) < 4.78 is 5.54.